The third-order valence-electron chi connectivity index (χ3n) is 12.7. The van der Waals surface area contributed by atoms with Crippen molar-refractivity contribution in [2.45, 2.75) is 137 Å². The van der Waals surface area contributed by atoms with Gasteiger partial charge in [-0.05, 0) is 90.3 Å². The number of hydrogen-bond donors (Lipinski definition) is 2. The van der Waals surface area contributed by atoms with Gasteiger partial charge >= 0.3 is 18.4 Å². The Balaban J connectivity index is 1.15. The zero-order valence-electron chi connectivity index (χ0n) is 32.4. The lowest BCUT2D eigenvalue weighted by molar-refractivity contribution is -0.244. The number of nitrogens with zero attached hydrogens (tertiary/aromatic N) is 3. The molecule has 8 rings (SSSR count). The van der Waals surface area contributed by atoms with Crippen molar-refractivity contribution in [1.29, 1.82) is 0 Å². The number of sulfonamides is 1. The van der Waals surface area contributed by atoms with Crippen LogP contribution in [-0.2, 0) is 41.7 Å². The van der Waals surface area contributed by atoms with Crippen molar-refractivity contribution < 1.29 is 63.4 Å². The van der Waals surface area contributed by atoms with Crippen LogP contribution in [0.15, 0.2) is 30.4 Å². The van der Waals surface area contributed by atoms with Gasteiger partial charge in [0.2, 0.25) is 17.4 Å². The molecule has 59 heavy (non-hydrogen) atoms. The number of rotatable bonds is 3. The maximum atomic E-state index is 14.7. The molecule has 1 aromatic carbocycles. The van der Waals surface area contributed by atoms with E-state index < -0.39 is 91.4 Å². The summed E-state index contributed by atoms with van der Waals surface area (Å²) in [6, 6.07) is 0.323. The maximum absolute atomic E-state index is 14.7. The smallest absolute Gasteiger partial charge is 0.427 e. The number of alkyl halides is 6. The molecule has 0 radical (unpaired) electrons. The average molecular weight is 856 g/mol. The predicted octanol–water partition coefficient (Wildman–Crippen LogP) is 5.72. The summed E-state index contributed by atoms with van der Waals surface area (Å²) in [5.41, 5.74) is -5.70. The van der Waals surface area contributed by atoms with Gasteiger partial charge in [0.25, 0.3) is 15.9 Å². The first-order valence-corrected chi connectivity index (χ1v) is 21.0. The Hall–Kier alpha value is -4.62. The fourth-order valence-electron chi connectivity index (χ4n) is 8.90. The van der Waals surface area contributed by atoms with Gasteiger partial charge in [0.1, 0.15) is 29.0 Å². The Bertz CT molecular complexity index is 2300. The standard InChI is InChI=1S/C39H43F6N5O8S/c1-21-29-24(25-17-22(38(40,41)42)11-12-26(25)46-21)13-14-35(57-29)19-28-30(51)48-37(32(53)50-36(15-16-36)59(50,55)56)18-23(37)9-7-5-4-6-8-10-27(31(52)49(28)20-35)47-33(54)58-34(2,3)39(43,44)45/h7,9,11-12,17,23,27-28H,4-6,8,10,13-16,18-20H2,1-3H3,(H,47,54)(H,48,51)/b9-7-/t23-,27+,28+,35-,37-,50?/m1/s1. The second kappa shape index (κ2) is 13.4. The molecule has 4 aliphatic heterocycles. The van der Waals surface area contributed by atoms with Gasteiger partial charge in [-0.3, -0.25) is 14.4 Å². The van der Waals surface area contributed by atoms with Crippen molar-refractivity contribution in [3.63, 3.8) is 0 Å². The molecule has 6 aliphatic rings. The zero-order chi connectivity index (χ0) is 42.7. The van der Waals surface area contributed by atoms with E-state index in [0.717, 1.165) is 21.3 Å². The summed E-state index contributed by atoms with van der Waals surface area (Å²) in [6.07, 6.45) is -4.85. The Kier molecular flexibility index (Phi) is 9.37. The van der Waals surface area contributed by atoms with Gasteiger partial charge < -0.3 is 25.0 Å². The van der Waals surface area contributed by atoms with Gasteiger partial charge in [-0.15, -0.1) is 0 Å². The number of nitrogens with one attached hydrogen (secondary N) is 2. The van der Waals surface area contributed by atoms with Crippen LogP contribution in [0.25, 0.3) is 10.9 Å². The quantitative estimate of drug-likeness (QED) is 0.223. The normalized spacial score (nSPS) is 30.6. The Morgan fingerprint density at radius 3 is 2.42 bits per heavy atom. The predicted molar refractivity (Wildman–Crippen MR) is 196 cm³/mol. The van der Waals surface area contributed by atoms with Crippen molar-refractivity contribution in [2.75, 3.05) is 6.54 Å². The lowest BCUT2D eigenvalue weighted by Gasteiger charge is -2.37. The molecule has 20 heteroatoms. The molecule has 2 N–H and O–H groups in total. The first kappa shape index (κ1) is 41.1. The second-order valence-electron chi connectivity index (χ2n) is 17.2. The highest BCUT2D eigenvalue weighted by Crippen LogP contribution is 2.64. The number of amides is 4. The van der Waals surface area contributed by atoms with E-state index in [1.165, 1.54) is 6.07 Å². The molecule has 2 saturated carbocycles. The number of halogens is 6. The summed E-state index contributed by atoms with van der Waals surface area (Å²) >= 11 is 0. The minimum absolute atomic E-state index is 0.0396. The molecule has 2 aromatic rings. The molecule has 2 aliphatic carbocycles. The molecule has 4 fully saturated rings. The molecule has 5 heterocycles. The first-order chi connectivity index (χ1) is 27.5. The van der Waals surface area contributed by atoms with E-state index in [1.807, 2.05) is 6.08 Å². The van der Waals surface area contributed by atoms with Crippen molar-refractivity contribution in [3.8, 4) is 5.75 Å². The third kappa shape index (κ3) is 6.85. The molecule has 2 spiro atoms. The number of fused-ring (bicyclic) bond motifs is 5. The first-order valence-electron chi connectivity index (χ1n) is 19.6. The Morgan fingerprint density at radius 2 is 1.76 bits per heavy atom. The minimum atomic E-state index is -4.95. The van der Waals surface area contributed by atoms with Crippen LogP contribution in [0.4, 0.5) is 31.1 Å². The number of ether oxygens (including phenoxy) is 2. The van der Waals surface area contributed by atoms with Crippen LogP contribution >= 0.6 is 0 Å². The van der Waals surface area contributed by atoms with Gasteiger partial charge in [0.05, 0.1) is 23.3 Å². The van der Waals surface area contributed by atoms with Crippen molar-refractivity contribution >= 4 is 44.7 Å². The lowest BCUT2D eigenvalue weighted by atomic mass is 9.87. The number of carbonyl (C=O) groups excluding carboxylic acids is 4. The van der Waals surface area contributed by atoms with E-state index in [1.54, 1.807) is 13.0 Å². The largest absolute Gasteiger partial charge is 0.483 e. The number of hydrogen-bond acceptors (Lipinski definition) is 9. The van der Waals surface area contributed by atoms with Gasteiger partial charge in [-0.2, -0.15) is 26.3 Å². The van der Waals surface area contributed by atoms with Crippen molar-refractivity contribution in [3.05, 3.63) is 47.2 Å². The van der Waals surface area contributed by atoms with Crippen LogP contribution in [0.1, 0.15) is 94.9 Å². The summed E-state index contributed by atoms with van der Waals surface area (Å²) in [7, 11) is -3.88. The summed E-state index contributed by atoms with van der Waals surface area (Å²) in [6.45, 7) is 2.63. The van der Waals surface area contributed by atoms with Gasteiger partial charge in [-0.1, -0.05) is 25.0 Å². The zero-order valence-corrected chi connectivity index (χ0v) is 33.2. The van der Waals surface area contributed by atoms with Gasteiger partial charge in [0, 0.05) is 23.3 Å². The van der Waals surface area contributed by atoms with Crippen molar-refractivity contribution in [2.24, 2.45) is 5.92 Å². The van der Waals surface area contributed by atoms with E-state index in [9.17, 15) is 53.9 Å². The molecule has 0 unspecified atom stereocenters. The second-order valence-corrected chi connectivity index (χ2v) is 19.2. The number of benzene rings is 1. The summed E-state index contributed by atoms with van der Waals surface area (Å²) in [5.74, 6) is -2.83. The van der Waals surface area contributed by atoms with E-state index in [0.29, 0.717) is 56.3 Å². The topological polar surface area (TPSA) is 164 Å². The highest BCUT2D eigenvalue weighted by atomic mass is 32.2. The maximum Gasteiger partial charge on any atom is 0.427 e. The van der Waals surface area contributed by atoms with Crippen LogP contribution < -0.4 is 15.4 Å². The Labute approximate surface area is 335 Å². The minimum Gasteiger partial charge on any atom is -0.483 e. The van der Waals surface area contributed by atoms with Crippen LogP contribution in [0, 0.1) is 12.8 Å². The molecule has 0 bridgehead atoms. The number of aryl methyl sites for hydroxylation is 2. The number of aromatic nitrogens is 1. The number of alkyl carbamates (subject to hydrolysis) is 1. The van der Waals surface area contributed by atoms with Gasteiger partial charge in [-0.25, -0.2) is 22.5 Å². The molecule has 4 amide bonds. The summed E-state index contributed by atoms with van der Waals surface area (Å²) in [4.78, 5) is 60.7. The van der Waals surface area contributed by atoms with Crippen LogP contribution in [-0.4, -0.2) is 92.8 Å². The molecular formula is C39H43F6N5O8S. The van der Waals surface area contributed by atoms with E-state index >= 15 is 0 Å². The molecular weight excluding hydrogens is 813 g/mol. The SMILES string of the molecule is Cc1nc2ccc(C(F)(F)F)cc2c2c1O[C@]1(CC2)C[C@H]2C(=O)N[C@]3(C(=O)N4C5(CC5)S4(=O)=O)C[C@H]3/C=C\CCCCC[C@H](NC(=O)OC(C)(C)C(F)(F)F)C(=O)N2C1. The monoisotopic (exact) mass is 855 g/mol. The average Bonchev–Trinajstić information content (AvgIpc) is 4.09. The summed E-state index contributed by atoms with van der Waals surface area (Å²) in [5, 5.41) is 5.31. The lowest BCUT2D eigenvalue weighted by Crippen LogP contribution is -2.57. The van der Waals surface area contributed by atoms with Crippen LogP contribution in [0.3, 0.4) is 0 Å². The highest BCUT2D eigenvalue weighted by molar-refractivity contribution is 7.98. The van der Waals surface area contributed by atoms with Crippen molar-refractivity contribution in [1.82, 2.24) is 24.8 Å². The fourth-order valence-corrected chi connectivity index (χ4v) is 11.0. The summed E-state index contributed by atoms with van der Waals surface area (Å²) < 4.78 is 120. The highest BCUT2D eigenvalue weighted by Gasteiger charge is 2.83. The van der Waals surface area contributed by atoms with E-state index in [2.05, 4.69) is 15.6 Å². The number of pyridine rings is 1. The van der Waals surface area contributed by atoms with E-state index in [-0.39, 0.29) is 62.6 Å². The number of carbonyl (C=O) groups is 4. The molecule has 2 saturated heterocycles. The number of allylic oxidation sites excluding steroid dienone is 1. The molecule has 13 nitrogen and oxygen atoms in total. The van der Waals surface area contributed by atoms with Crippen LogP contribution in [0.2, 0.25) is 0 Å². The molecule has 1 aromatic heterocycles. The van der Waals surface area contributed by atoms with Gasteiger partial charge in [0.15, 0.2) is 4.87 Å². The third-order valence-corrected chi connectivity index (χ3v) is 15.1. The molecule has 320 valence electrons. The molecule has 5 atom stereocenters. The van der Waals surface area contributed by atoms with Crippen LogP contribution in [0.5, 0.6) is 5.75 Å². The van der Waals surface area contributed by atoms with E-state index in [4.69, 9.17) is 9.47 Å². The Morgan fingerprint density at radius 1 is 1.03 bits per heavy atom. The fraction of sp³-hybridized carbons (Fsp3) is 0.615.